The van der Waals surface area contributed by atoms with Gasteiger partial charge >= 0.3 is 0 Å². The van der Waals surface area contributed by atoms with Crippen LogP contribution in [-0.4, -0.2) is 94.1 Å². The summed E-state index contributed by atoms with van der Waals surface area (Å²) in [6.07, 6.45) is 8.60. The summed E-state index contributed by atoms with van der Waals surface area (Å²) in [6.45, 7) is 5.83. The monoisotopic (exact) mass is 591 g/mol. The Bertz CT molecular complexity index is 1700. The van der Waals surface area contributed by atoms with E-state index in [2.05, 4.69) is 50.1 Å². The van der Waals surface area contributed by atoms with Gasteiger partial charge in [0.1, 0.15) is 30.0 Å². The van der Waals surface area contributed by atoms with Crippen LogP contribution in [0.25, 0.3) is 16.6 Å². The summed E-state index contributed by atoms with van der Waals surface area (Å²) in [7, 11) is 1.70. The number of aliphatic hydroxyl groups is 1. The summed E-state index contributed by atoms with van der Waals surface area (Å²) >= 11 is 0. The molecule has 4 aromatic rings. The van der Waals surface area contributed by atoms with Crippen molar-refractivity contribution in [3.05, 3.63) is 72.2 Å². The molecule has 1 saturated carbocycles. The summed E-state index contributed by atoms with van der Waals surface area (Å²) in [5.74, 6) is 2.56. The molecule has 4 aliphatic heterocycles. The van der Waals surface area contributed by atoms with Crippen LogP contribution < -0.4 is 14.4 Å². The molecule has 44 heavy (non-hydrogen) atoms. The fourth-order valence-corrected chi connectivity index (χ4v) is 7.45. The van der Waals surface area contributed by atoms with Crippen molar-refractivity contribution < 1.29 is 14.6 Å². The summed E-state index contributed by atoms with van der Waals surface area (Å²) in [5, 5.41) is 24.6. The second-order valence-electron chi connectivity index (χ2n) is 12.9. The standard InChI is InChI=1S/C34H37N7O3/c1-43-28-5-2-23(3-6-28)17-40-26-12-27(40)19-39(18-26)32-7-4-24(15-36-32)30-13-29(20-41-33(30)25(14-35)16-37-41)44-11-10-38-21-31(42)34(22-38)8-9-34/h2-7,13,15-16,20,26-27,31,42H,8-12,17-19,21-22H2,1H3. The minimum atomic E-state index is -0.219. The number of piperidine rings is 1. The van der Waals surface area contributed by atoms with Crippen molar-refractivity contribution in [3.63, 3.8) is 0 Å². The van der Waals surface area contributed by atoms with Crippen LogP contribution in [0.5, 0.6) is 11.5 Å². The van der Waals surface area contributed by atoms with Crippen LogP contribution in [0.4, 0.5) is 5.82 Å². The van der Waals surface area contributed by atoms with Gasteiger partial charge in [-0.15, -0.1) is 0 Å². The highest BCUT2D eigenvalue weighted by molar-refractivity contribution is 5.85. The van der Waals surface area contributed by atoms with E-state index >= 15 is 0 Å². The molecule has 0 radical (unpaired) electrons. The van der Waals surface area contributed by atoms with Crippen LogP contribution in [0.15, 0.2) is 61.1 Å². The Morgan fingerprint density at radius 1 is 1.05 bits per heavy atom. The lowest BCUT2D eigenvalue weighted by atomic mass is 9.86. The summed E-state index contributed by atoms with van der Waals surface area (Å²) < 4.78 is 13.2. The first-order valence-corrected chi connectivity index (χ1v) is 15.6. The zero-order valence-electron chi connectivity index (χ0n) is 25.0. The number of β-amino-alcohol motifs (C(OH)–C–C–N with tert-alkyl or cyclic N) is 1. The zero-order valence-corrected chi connectivity index (χ0v) is 25.0. The topological polar surface area (TPSA) is 102 Å². The number of aromatic nitrogens is 3. The molecule has 9 rings (SSSR count). The quantitative estimate of drug-likeness (QED) is 0.313. The molecule has 3 unspecified atom stereocenters. The van der Waals surface area contributed by atoms with Crippen LogP contribution in [0.1, 0.15) is 30.4 Å². The lowest BCUT2D eigenvalue weighted by Gasteiger charge is -2.56. The van der Waals surface area contributed by atoms with E-state index < -0.39 is 0 Å². The van der Waals surface area contributed by atoms with Gasteiger partial charge in [-0.2, -0.15) is 10.4 Å². The van der Waals surface area contributed by atoms with Gasteiger partial charge in [-0.1, -0.05) is 12.1 Å². The lowest BCUT2D eigenvalue weighted by molar-refractivity contribution is -0.00868. The molecule has 1 aromatic carbocycles. The lowest BCUT2D eigenvalue weighted by Crippen LogP contribution is -2.68. The first kappa shape index (κ1) is 27.4. The molecule has 2 bridgehead atoms. The zero-order chi connectivity index (χ0) is 29.8. The fourth-order valence-electron chi connectivity index (χ4n) is 7.45. The maximum absolute atomic E-state index is 10.4. The minimum Gasteiger partial charge on any atom is -0.497 e. The van der Waals surface area contributed by atoms with Gasteiger partial charge in [0, 0.05) is 74.1 Å². The van der Waals surface area contributed by atoms with Gasteiger partial charge in [0.2, 0.25) is 0 Å². The molecule has 226 valence electrons. The van der Waals surface area contributed by atoms with Gasteiger partial charge in [0.25, 0.3) is 0 Å². The normalized spacial score (nSPS) is 23.9. The molecule has 5 fully saturated rings. The number of likely N-dealkylation sites (tertiary alicyclic amines) is 1. The molecule has 1 spiro atoms. The Hall–Kier alpha value is -4.17. The highest BCUT2D eigenvalue weighted by atomic mass is 16.5. The number of hydrogen-bond acceptors (Lipinski definition) is 9. The predicted octanol–water partition coefficient (Wildman–Crippen LogP) is 3.58. The number of nitriles is 1. The molecule has 3 atom stereocenters. The number of piperazine rings is 1. The molecule has 1 N–H and O–H groups in total. The van der Waals surface area contributed by atoms with Crippen molar-refractivity contribution in [2.45, 2.75) is 44.0 Å². The Kier molecular flexibility index (Phi) is 6.70. The maximum atomic E-state index is 10.4. The number of pyridine rings is 2. The van der Waals surface area contributed by atoms with Crippen LogP contribution in [0, 0.1) is 16.7 Å². The van der Waals surface area contributed by atoms with Crippen molar-refractivity contribution in [3.8, 4) is 28.7 Å². The molecule has 3 aromatic heterocycles. The van der Waals surface area contributed by atoms with E-state index in [0.717, 1.165) is 80.3 Å². The second kappa shape index (κ2) is 10.8. The number of aliphatic hydroxyl groups excluding tert-OH is 1. The highest BCUT2D eigenvalue weighted by Gasteiger charge is 2.54. The number of hydrogen-bond donors (Lipinski definition) is 1. The van der Waals surface area contributed by atoms with Crippen molar-refractivity contribution >= 4 is 11.3 Å². The van der Waals surface area contributed by atoms with Gasteiger partial charge in [0.05, 0.1) is 36.7 Å². The highest BCUT2D eigenvalue weighted by Crippen LogP contribution is 2.52. The van der Waals surface area contributed by atoms with E-state index in [-0.39, 0.29) is 11.5 Å². The van der Waals surface area contributed by atoms with E-state index in [1.807, 2.05) is 30.6 Å². The Morgan fingerprint density at radius 2 is 1.86 bits per heavy atom. The number of nitrogens with zero attached hydrogens (tertiary/aromatic N) is 7. The van der Waals surface area contributed by atoms with Gasteiger partial charge in [-0.25, -0.2) is 9.50 Å². The first-order chi connectivity index (χ1) is 21.5. The molecule has 4 saturated heterocycles. The summed E-state index contributed by atoms with van der Waals surface area (Å²) in [5.41, 5.74) is 4.51. The molecule has 5 aliphatic rings. The number of anilines is 1. The van der Waals surface area contributed by atoms with E-state index in [4.69, 9.17) is 14.5 Å². The van der Waals surface area contributed by atoms with Gasteiger partial charge in [-0.3, -0.25) is 9.80 Å². The SMILES string of the molecule is COc1ccc(CN2C3CC2CN(c2ccc(-c4cc(OCCN5CC(O)C6(CC6)C5)cn5ncc(C#N)c45)cn2)C3)cc1. The second-order valence-corrected chi connectivity index (χ2v) is 12.9. The minimum absolute atomic E-state index is 0.138. The number of rotatable bonds is 9. The summed E-state index contributed by atoms with van der Waals surface area (Å²) in [4.78, 5) is 12.2. The molecule has 10 nitrogen and oxygen atoms in total. The van der Waals surface area contributed by atoms with Crippen molar-refractivity contribution in [1.82, 2.24) is 24.4 Å². The molecule has 0 amide bonds. The number of benzene rings is 1. The Balaban J connectivity index is 0.955. The van der Waals surface area contributed by atoms with E-state index in [1.54, 1.807) is 17.8 Å². The number of methoxy groups -OCH3 is 1. The van der Waals surface area contributed by atoms with E-state index in [0.29, 0.717) is 30.0 Å². The third kappa shape index (κ3) is 4.85. The predicted molar refractivity (Wildman–Crippen MR) is 166 cm³/mol. The maximum Gasteiger partial charge on any atom is 0.138 e. The molecule has 10 heteroatoms. The van der Waals surface area contributed by atoms with Gasteiger partial charge < -0.3 is 19.5 Å². The first-order valence-electron chi connectivity index (χ1n) is 15.6. The largest absolute Gasteiger partial charge is 0.497 e. The van der Waals surface area contributed by atoms with Crippen molar-refractivity contribution in [2.24, 2.45) is 5.41 Å². The Labute approximate surface area is 257 Å². The average Bonchev–Trinajstić information content (AvgIpc) is 3.62. The summed E-state index contributed by atoms with van der Waals surface area (Å²) in [6, 6.07) is 17.9. The number of fused-ring (bicyclic) bond motifs is 3. The van der Waals surface area contributed by atoms with Crippen LogP contribution >= 0.6 is 0 Å². The third-order valence-electron chi connectivity index (χ3n) is 10.2. The smallest absolute Gasteiger partial charge is 0.138 e. The van der Waals surface area contributed by atoms with Gasteiger partial charge in [0.15, 0.2) is 0 Å². The van der Waals surface area contributed by atoms with Crippen LogP contribution in [0.3, 0.4) is 0 Å². The molecular weight excluding hydrogens is 554 g/mol. The van der Waals surface area contributed by atoms with E-state index in [1.165, 1.54) is 12.0 Å². The average molecular weight is 592 g/mol. The molecular formula is C34H37N7O3. The van der Waals surface area contributed by atoms with Crippen molar-refractivity contribution in [1.29, 1.82) is 5.26 Å². The van der Waals surface area contributed by atoms with Gasteiger partial charge in [-0.05, 0) is 55.2 Å². The van der Waals surface area contributed by atoms with Crippen LogP contribution in [0.2, 0.25) is 0 Å². The molecule has 7 heterocycles. The van der Waals surface area contributed by atoms with E-state index in [9.17, 15) is 10.4 Å². The third-order valence-corrected chi connectivity index (χ3v) is 10.2. The number of ether oxygens (including phenoxy) is 2. The fraction of sp³-hybridized carbons (Fsp3) is 0.441. The Morgan fingerprint density at radius 3 is 2.55 bits per heavy atom. The van der Waals surface area contributed by atoms with Crippen LogP contribution in [-0.2, 0) is 6.54 Å². The molecule has 1 aliphatic carbocycles. The van der Waals surface area contributed by atoms with Crippen molar-refractivity contribution in [2.75, 3.05) is 51.3 Å².